The molecule has 0 radical (unpaired) electrons. The van der Waals surface area contributed by atoms with Crippen LogP contribution in [0.4, 0.5) is 20.6 Å². The molecule has 1 aromatic carbocycles. The number of nitrogens with zero attached hydrogens (tertiary/aromatic N) is 1. The number of anilines is 1. The molecule has 84 valence electrons. The van der Waals surface area contributed by atoms with Crippen molar-refractivity contribution in [1.29, 1.82) is 0 Å². The zero-order chi connectivity index (χ0) is 11.7. The molecule has 3 amide bonds. The van der Waals surface area contributed by atoms with E-state index in [1.807, 2.05) is 0 Å². The molecular formula is C10H11FN3O2+. The van der Waals surface area contributed by atoms with Gasteiger partial charge in [0.1, 0.15) is 5.69 Å². The zero-order valence-electron chi connectivity index (χ0n) is 8.50. The summed E-state index contributed by atoms with van der Waals surface area (Å²) < 4.78 is 13.6. The van der Waals surface area contributed by atoms with Crippen molar-refractivity contribution in [3.63, 3.8) is 0 Å². The first-order valence-corrected chi connectivity index (χ1v) is 4.81. The number of benzene rings is 1. The van der Waals surface area contributed by atoms with Crippen molar-refractivity contribution < 1.29 is 19.7 Å². The number of rotatable bonds is 1. The molecule has 0 spiro atoms. The lowest BCUT2D eigenvalue weighted by Crippen LogP contribution is -2.50. The molecule has 0 saturated carbocycles. The van der Waals surface area contributed by atoms with Crippen LogP contribution in [0.15, 0.2) is 18.2 Å². The lowest BCUT2D eigenvalue weighted by molar-refractivity contribution is -0.255. The van der Waals surface area contributed by atoms with Crippen molar-refractivity contribution in [3.05, 3.63) is 24.0 Å². The van der Waals surface area contributed by atoms with Crippen LogP contribution < -0.4 is 16.0 Å². The average molecular weight is 224 g/mol. The molecule has 0 bridgehead atoms. The van der Waals surface area contributed by atoms with E-state index >= 15 is 0 Å². The second-order valence-corrected chi connectivity index (χ2v) is 3.54. The second kappa shape index (κ2) is 3.90. The summed E-state index contributed by atoms with van der Waals surface area (Å²) in [7, 11) is 0. The number of amides is 3. The van der Waals surface area contributed by atoms with Gasteiger partial charge in [0.2, 0.25) is 5.91 Å². The zero-order valence-corrected chi connectivity index (χ0v) is 8.50. The Bertz CT molecular complexity index is 461. The summed E-state index contributed by atoms with van der Waals surface area (Å²) in [6.45, 7) is 0.193. The van der Waals surface area contributed by atoms with Gasteiger partial charge in [-0.1, -0.05) is 0 Å². The quantitative estimate of drug-likeness (QED) is 0.712. The fourth-order valence-corrected chi connectivity index (χ4v) is 1.56. The highest BCUT2D eigenvalue weighted by atomic mass is 19.1. The van der Waals surface area contributed by atoms with Gasteiger partial charge in [0, 0.05) is 25.1 Å². The van der Waals surface area contributed by atoms with Gasteiger partial charge in [-0.25, -0.2) is 9.18 Å². The van der Waals surface area contributed by atoms with Crippen molar-refractivity contribution >= 4 is 23.3 Å². The Labute approximate surface area is 91.0 Å². The maximum atomic E-state index is 13.6. The molecule has 1 fully saturated rings. The normalized spacial score (nSPS) is 16.2. The van der Waals surface area contributed by atoms with E-state index in [-0.39, 0.29) is 24.6 Å². The highest BCUT2D eigenvalue weighted by Gasteiger charge is 2.26. The molecule has 16 heavy (non-hydrogen) atoms. The second-order valence-electron chi connectivity index (χ2n) is 3.54. The van der Waals surface area contributed by atoms with Gasteiger partial charge in [-0.15, -0.1) is 0 Å². The molecule has 5 nitrogen and oxygen atoms in total. The summed E-state index contributed by atoms with van der Waals surface area (Å²) >= 11 is 0. The first kappa shape index (κ1) is 10.6. The maximum absolute atomic E-state index is 13.6. The first-order valence-electron chi connectivity index (χ1n) is 4.81. The molecule has 6 heteroatoms. The van der Waals surface area contributed by atoms with E-state index in [0.717, 1.165) is 0 Å². The molecule has 1 heterocycles. The summed E-state index contributed by atoms with van der Waals surface area (Å²) in [6, 6.07) is 3.75. The highest BCUT2D eigenvalue weighted by Crippen LogP contribution is 2.22. The fraction of sp³-hybridized carbons (Fsp3) is 0.200. The molecular weight excluding hydrogens is 213 g/mol. The monoisotopic (exact) mass is 224 g/mol. The van der Waals surface area contributed by atoms with Gasteiger partial charge in [0.25, 0.3) is 0 Å². The molecule has 1 saturated heterocycles. The Morgan fingerprint density at radius 1 is 1.38 bits per heavy atom. The van der Waals surface area contributed by atoms with Crippen LogP contribution in [0, 0.1) is 5.82 Å². The van der Waals surface area contributed by atoms with Crippen LogP contribution in [0.25, 0.3) is 0 Å². The molecule has 4 N–H and O–H groups in total. The molecule has 1 aliphatic rings. The highest BCUT2D eigenvalue weighted by molar-refractivity contribution is 6.05. The van der Waals surface area contributed by atoms with E-state index < -0.39 is 11.8 Å². The van der Waals surface area contributed by atoms with Crippen LogP contribution in [0.1, 0.15) is 6.42 Å². The number of quaternary nitrogens is 1. The number of hydrogen-bond donors (Lipinski definition) is 2. The van der Waals surface area contributed by atoms with Crippen LogP contribution in [-0.2, 0) is 4.79 Å². The van der Waals surface area contributed by atoms with Crippen molar-refractivity contribution in [2.75, 3.05) is 11.4 Å². The Kier molecular flexibility index (Phi) is 2.57. The molecule has 0 aromatic heterocycles. The molecule has 0 unspecified atom stereocenters. The number of urea groups is 1. The van der Waals surface area contributed by atoms with Gasteiger partial charge in [-0.05, 0) is 6.07 Å². The fourth-order valence-electron chi connectivity index (χ4n) is 1.56. The number of halogens is 1. The molecule has 1 aliphatic heterocycles. The third-order valence-electron chi connectivity index (χ3n) is 2.36. The molecule has 0 atom stereocenters. The Morgan fingerprint density at radius 2 is 2.12 bits per heavy atom. The molecule has 1 aromatic rings. The summed E-state index contributed by atoms with van der Waals surface area (Å²) in [6.07, 6.45) is 0.178. The summed E-state index contributed by atoms with van der Waals surface area (Å²) in [5.41, 5.74) is 4.29. The number of imide groups is 1. The molecule has 0 aliphatic carbocycles. The van der Waals surface area contributed by atoms with E-state index in [1.54, 1.807) is 6.07 Å². The van der Waals surface area contributed by atoms with E-state index in [9.17, 15) is 14.0 Å². The average Bonchev–Trinajstić information content (AvgIpc) is 2.19. The smallest absolute Gasteiger partial charge is 0.325 e. The summed E-state index contributed by atoms with van der Waals surface area (Å²) in [4.78, 5) is 23.6. The predicted molar refractivity (Wildman–Crippen MR) is 54.4 cm³/mol. The van der Waals surface area contributed by atoms with Crippen LogP contribution >= 0.6 is 0 Å². The van der Waals surface area contributed by atoms with Crippen molar-refractivity contribution in [2.45, 2.75) is 6.42 Å². The van der Waals surface area contributed by atoms with Gasteiger partial charge in [0.05, 0.1) is 5.69 Å². The molecule has 2 rings (SSSR count). The minimum absolute atomic E-state index is 0.164. The largest absolute Gasteiger partial charge is 0.328 e. The standard InChI is InChI=1S/C10H10FN3O2/c11-7-5-6(12)1-2-8(7)14-4-3-9(15)13-10(14)16/h1-2,5H,3-4,12H2,(H,13,15,16)/p+1. The van der Waals surface area contributed by atoms with Gasteiger partial charge in [0.15, 0.2) is 5.82 Å². The van der Waals surface area contributed by atoms with Gasteiger partial charge in [-0.3, -0.25) is 15.0 Å². The third kappa shape index (κ3) is 1.87. The van der Waals surface area contributed by atoms with Crippen molar-refractivity contribution in [3.8, 4) is 0 Å². The Hall–Kier alpha value is -1.95. The van der Waals surface area contributed by atoms with E-state index in [0.29, 0.717) is 5.69 Å². The SMILES string of the molecule is [NH3+]c1ccc(N2CCC(=O)NC2=O)c(F)c1. The predicted octanol–water partition coefficient (Wildman–Crippen LogP) is 0.145. The Balaban J connectivity index is 2.30. The minimum Gasteiger partial charge on any atom is -0.325 e. The number of carbonyl (C=O) groups is 2. The lowest BCUT2D eigenvalue weighted by atomic mass is 10.2. The Morgan fingerprint density at radius 3 is 2.75 bits per heavy atom. The van der Waals surface area contributed by atoms with Crippen LogP contribution in [0.2, 0.25) is 0 Å². The minimum atomic E-state index is -0.591. The van der Waals surface area contributed by atoms with Crippen LogP contribution in [0.5, 0.6) is 0 Å². The summed E-state index contributed by atoms with van der Waals surface area (Å²) in [5.74, 6) is -0.854. The van der Waals surface area contributed by atoms with Crippen molar-refractivity contribution in [2.24, 2.45) is 0 Å². The van der Waals surface area contributed by atoms with Crippen molar-refractivity contribution in [1.82, 2.24) is 5.32 Å². The first-order chi connectivity index (χ1) is 7.58. The van der Waals surface area contributed by atoms with E-state index in [2.05, 4.69) is 11.1 Å². The van der Waals surface area contributed by atoms with Crippen LogP contribution in [0.3, 0.4) is 0 Å². The van der Waals surface area contributed by atoms with Gasteiger partial charge >= 0.3 is 6.03 Å². The van der Waals surface area contributed by atoms with Gasteiger partial charge < -0.3 is 5.73 Å². The maximum Gasteiger partial charge on any atom is 0.328 e. The van der Waals surface area contributed by atoms with E-state index in [4.69, 9.17) is 0 Å². The lowest BCUT2D eigenvalue weighted by Gasteiger charge is -2.26. The van der Waals surface area contributed by atoms with Crippen LogP contribution in [-0.4, -0.2) is 18.5 Å². The number of carbonyl (C=O) groups excluding carboxylic acids is 2. The third-order valence-corrected chi connectivity index (χ3v) is 2.36. The summed E-state index contributed by atoms with van der Waals surface area (Å²) in [5, 5.41) is 2.14. The number of nitrogens with one attached hydrogen (secondary N) is 1. The number of hydrogen-bond acceptors (Lipinski definition) is 2. The van der Waals surface area contributed by atoms with E-state index in [1.165, 1.54) is 17.0 Å². The van der Waals surface area contributed by atoms with Gasteiger partial charge in [-0.2, -0.15) is 0 Å². The topological polar surface area (TPSA) is 77.1 Å².